The normalized spacial score (nSPS) is 8.83. The number of rotatable bonds is 1. The summed E-state index contributed by atoms with van der Waals surface area (Å²) in [6.45, 7) is 1.88. The van der Waals surface area contributed by atoms with Gasteiger partial charge in [-0.2, -0.15) is 0 Å². The molecule has 0 radical (unpaired) electrons. The van der Waals surface area contributed by atoms with Gasteiger partial charge in [0.1, 0.15) is 5.84 Å². The van der Waals surface area contributed by atoms with E-state index in [0.717, 1.165) is 5.56 Å². The van der Waals surface area contributed by atoms with Gasteiger partial charge < -0.3 is 5.73 Å². The van der Waals surface area contributed by atoms with Gasteiger partial charge >= 0.3 is 0 Å². The van der Waals surface area contributed by atoms with Crippen molar-refractivity contribution < 1.29 is 0 Å². The second-order valence-corrected chi connectivity index (χ2v) is 2.75. The van der Waals surface area contributed by atoms with E-state index in [4.69, 9.17) is 22.7 Å². The third kappa shape index (κ3) is 2.13. The maximum absolute atomic E-state index is 7.21. The lowest BCUT2D eigenvalue weighted by atomic mass is 10.1. The number of amidine groups is 1. The Morgan fingerprint density at radius 3 is 2.42 bits per heavy atom. The van der Waals surface area contributed by atoms with Crippen molar-refractivity contribution in [1.82, 2.24) is 0 Å². The van der Waals surface area contributed by atoms with Gasteiger partial charge in [-0.1, -0.05) is 23.7 Å². The Balaban J connectivity index is 0.00000121. The Morgan fingerprint density at radius 2 is 2.08 bits per heavy atom. The molecule has 0 atom stereocenters. The SMILES string of the molecule is Cc1cccc(Cl)c1C(=N)N.Cl. The molecule has 0 heterocycles. The fourth-order valence-electron chi connectivity index (χ4n) is 0.973. The summed E-state index contributed by atoms with van der Waals surface area (Å²) < 4.78 is 0. The largest absolute Gasteiger partial charge is 0.384 e. The molecule has 1 rings (SSSR count). The van der Waals surface area contributed by atoms with Crippen molar-refractivity contribution in [2.45, 2.75) is 6.92 Å². The molecule has 0 amide bonds. The number of halogens is 2. The molecule has 1 aromatic carbocycles. The molecule has 66 valence electrons. The minimum absolute atomic E-state index is 0. The third-order valence-electron chi connectivity index (χ3n) is 1.49. The highest BCUT2D eigenvalue weighted by Gasteiger charge is 2.04. The Kier molecular flexibility index (Phi) is 4.07. The number of hydrogen-bond donors (Lipinski definition) is 2. The van der Waals surface area contributed by atoms with Crippen LogP contribution in [-0.2, 0) is 0 Å². The zero-order chi connectivity index (χ0) is 8.43. The number of hydrogen-bond acceptors (Lipinski definition) is 1. The maximum Gasteiger partial charge on any atom is 0.124 e. The molecular weight excluding hydrogens is 195 g/mol. The summed E-state index contributed by atoms with van der Waals surface area (Å²) in [4.78, 5) is 0. The predicted molar refractivity (Wildman–Crippen MR) is 54.5 cm³/mol. The lowest BCUT2D eigenvalue weighted by molar-refractivity contribution is 1.37. The van der Waals surface area contributed by atoms with Gasteiger partial charge in [0, 0.05) is 5.56 Å². The van der Waals surface area contributed by atoms with Crippen LogP contribution in [0.2, 0.25) is 5.02 Å². The van der Waals surface area contributed by atoms with Crippen molar-refractivity contribution in [3.05, 3.63) is 34.3 Å². The first kappa shape index (κ1) is 11.3. The van der Waals surface area contributed by atoms with E-state index in [1.807, 2.05) is 19.1 Å². The fourth-order valence-corrected chi connectivity index (χ4v) is 1.30. The minimum Gasteiger partial charge on any atom is -0.384 e. The summed E-state index contributed by atoms with van der Waals surface area (Å²) in [5, 5.41) is 7.75. The number of nitrogens with one attached hydrogen (secondary N) is 1. The van der Waals surface area contributed by atoms with Crippen LogP contribution in [0.25, 0.3) is 0 Å². The van der Waals surface area contributed by atoms with Crippen LogP contribution in [-0.4, -0.2) is 5.84 Å². The van der Waals surface area contributed by atoms with Gasteiger partial charge in [-0.3, -0.25) is 5.41 Å². The quantitative estimate of drug-likeness (QED) is 0.536. The van der Waals surface area contributed by atoms with E-state index in [1.54, 1.807) is 6.07 Å². The van der Waals surface area contributed by atoms with E-state index in [1.165, 1.54) is 0 Å². The van der Waals surface area contributed by atoms with Gasteiger partial charge in [0.05, 0.1) is 5.02 Å². The molecule has 0 unspecified atom stereocenters. The lowest BCUT2D eigenvalue weighted by Gasteiger charge is -2.04. The first-order chi connectivity index (χ1) is 5.13. The van der Waals surface area contributed by atoms with E-state index in [0.29, 0.717) is 10.6 Å². The average Bonchev–Trinajstić information content (AvgIpc) is 1.85. The molecule has 12 heavy (non-hydrogen) atoms. The maximum atomic E-state index is 7.21. The van der Waals surface area contributed by atoms with Gasteiger partial charge in [-0.15, -0.1) is 12.4 Å². The molecule has 3 N–H and O–H groups in total. The zero-order valence-corrected chi connectivity index (χ0v) is 8.17. The molecular formula is C8H10Cl2N2. The second-order valence-electron chi connectivity index (χ2n) is 2.35. The van der Waals surface area contributed by atoms with Crippen LogP contribution < -0.4 is 5.73 Å². The minimum atomic E-state index is 0. The molecule has 0 saturated carbocycles. The summed E-state index contributed by atoms with van der Waals surface area (Å²) in [5.41, 5.74) is 6.88. The number of nitrogen functional groups attached to an aromatic ring is 1. The highest BCUT2D eigenvalue weighted by molar-refractivity contribution is 6.34. The summed E-state index contributed by atoms with van der Waals surface area (Å²) in [5.74, 6) is 0.0214. The van der Waals surface area contributed by atoms with Gasteiger partial charge in [0.2, 0.25) is 0 Å². The molecule has 0 aliphatic heterocycles. The number of aryl methyl sites for hydroxylation is 1. The third-order valence-corrected chi connectivity index (χ3v) is 1.81. The van der Waals surface area contributed by atoms with Crippen molar-refractivity contribution >= 4 is 29.8 Å². The highest BCUT2D eigenvalue weighted by Crippen LogP contribution is 2.18. The van der Waals surface area contributed by atoms with Crippen LogP contribution in [0.15, 0.2) is 18.2 Å². The molecule has 0 spiro atoms. The Morgan fingerprint density at radius 1 is 1.50 bits per heavy atom. The van der Waals surface area contributed by atoms with E-state index in [-0.39, 0.29) is 18.2 Å². The first-order valence-electron chi connectivity index (χ1n) is 3.22. The van der Waals surface area contributed by atoms with Crippen LogP contribution >= 0.6 is 24.0 Å². The molecule has 0 aromatic heterocycles. The van der Waals surface area contributed by atoms with E-state index in [2.05, 4.69) is 0 Å². The molecule has 0 fully saturated rings. The van der Waals surface area contributed by atoms with Gasteiger partial charge in [0.25, 0.3) is 0 Å². The van der Waals surface area contributed by atoms with Gasteiger partial charge in [0.15, 0.2) is 0 Å². The molecule has 0 aliphatic carbocycles. The van der Waals surface area contributed by atoms with Crippen molar-refractivity contribution in [2.75, 3.05) is 0 Å². The van der Waals surface area contributed by atoms with Crippen molar-refractivity contribution in [2.24, 2.45) is 5.73 Å². The number of benzene rings is 1. The van der Waals surface area contributed by atoms with Crippen LogP contribution in [0.1, 0.15) is 11.1 Å². The van der Waals surface area contributed by atoms with Crippen molar-refractivity contribution in [3.63, 3.8) is 0 Å². The molecule has 4 heteroatoms. The smallest absolute Gasteiger partial charge is 0.124 e. The van der Waals surface area contributed by atoms with Crippen LogP contribution in [0.5, 0.6) is 0 Å². The first-order valence-corrected chi connectivity index (χ1v) is 3.60. The Labute approximate surface area is 82.6 Å². The molecule has 1 aromatic rings. The summed E-state index contributed by atoms with van der Waals surface area (Å²) >= 11 is 5.80. The monoisotopic (exact) mass is 204 g/mol. The Hall–Kier alpha value is -0.730. The Bertz CT molecular complexity index is 277. The summed E-state index contributed by atoms with van der Waals surface area (Å²) in [7, 11) is 0. The predicted octanol–water partition coefficient (Wildman–Crippen LogP) is 2.35. The van der Waals surface area contributed by atoms with E-state index in [9.17, 15) is 0 Å². The fraction of sp³-hybridized carbons (Fsp3) is 0.125. The van der Waals surface area contributed by atoms with E-state index < -0.39 is 0 Å². The topological polar surface area (TPSA) is 49.9 Å². The molecule has 0 aliphatic rings. The standard InChI is InChI=1S/C8H9ClN2.ClH/c1-5-3-2-4-6(9)7(5)8(10)11;/h2-4H,1H3,(H3,10,11);1H. The van der Waals surface area contributed by atoms with Crippen LogP contribution in [0, 0.1) is 12.3 Å². The van der Waals surface area contributed by atoms with Crippen LogP contribution in [0.3, 0.4) is 0 Å². The zero-order valence-electron chi connectivity index (χ0n) is 6.60. The molecule has 0 saturated heterocycles. The second kappa shape index (κ2) is 4.33. The molecule has 0 bridgehead atoms. The average molecular weight is 205 g/mol. The van der Waals surface area contributed by atoms with Gasteiger partial charge in [-0.05, 0) is 18.6 Å². The summed E-state index contributed by atoms with van der Waals surface area (Å²) in [6, 6.07) is 5.44. The van der Waals surface area contributed by atoms with Crippen molar-refractivity contribution in [1.29, 1.82) is 5.41 Å². The summed E-state index contributed by atoms with van der Waals surface area (Å²) in [6.07, 6.45) is 0. The van der Waals surface area contributed by atoms with Crippen LogP contribution in [0.4, 0.5) is 0 Å². The highest BCUT2D eigenvalue weighted by atomic mass is 35.5. The van der Waals surface area contributed by atoms with Gasteiger partial charge in [-0.25, -0.2) is 0 Å². The van der Waals surface area contributed by atoms with E-state index >= 15 is 0 Å². The molecule has 2 nitrogen and oxygen atoms in total. The van der Waals surface area contributed by atoms with Crippen molar-refractivity contribution in [3.8, 4) is 0 Å². The number of nitrogens with two attached hydrogens (primary N) is 1. The lowest BCUT2D eigenvalue weighted by Crippen LogP contribution is -2.13.